The quantitative estimate of drug-likeness (QED) is 0.651. The molecule has 0 saturated heterocycles. The molecule has 5 nitrogen and oxygen atoms in total. The van der Waals surface area contributed by atoms with Crippen LogP contribution in [0.5, 0.6) is 0 Å². The maximum Gasteiger partial charge on any atom is 0.319 e. The summed E-state index contributed by atoms with van der Waals surface area (Å²) in [6.07, 6.45) is 1.70. The molecule has 0 spiro atoms. The van der Waals surface area contributed by atoms with Crippen molar-refractivity contribution in [2.24, 2.45) is 0 Å². The van der Waals surface area contributed by atoms with E-state index in [2.05, 4.69) is 46.8 Å². The van der Waals surface area contributed by atoms with E-state index >= 15 is 0 Å². The molecule has 0 aliphatic carbocycles. The van der Waals surface area contributed by atoms with Gasteiger partial charge in [-0.1, -0.05) is 20.8 Å². The molecule has 2 N–H and O–H groups in total. The van der Waals surface area contributed by atoms with Gasteiger partial charge in [0.2, 0.25) is 0 Å². The van der Waals surface area contributed by atoms with Gasteiger partial charge in [-0.15, -0.1) is 22.7 Å². The molecule has 0 aliphatic heterocycles. The van der Waals surface area contributed by atoms with E-state index in [1.165, 1.54) is 0 Å². The van der Waals surface area contributed by atoms with Crippen molar-refractivity contribution in [1.82, 2.24) is 15.3 Å². The number of urea groups is 1. The largest absolute Gasteiger partial charge is 0.337 e. The van der Waals surface area contributed by atoms with E-state index in [4.69, 9.17) is 0 Å². The molecule has 0 saturated carbocycles. The molecule has 0 aliphatic rings. The highest BCUT2D eigenvalue weighted by molar-refractivity contribution is 7.18. The van der Waals surface area contributed by atoms with E-state index in [-0.39, 0.29) is 6.03 Å². The Morgan fingerprint density at radius 1 is 1.28 bits per heavy atom. The van der Waals surface area contributed by atoms with Crippen LogP contribution in [-0.2, 0) is 12.8 Å². The van der Waals surface area contributed by atoms with Gasteiger partial charge in [0.05, 0.1) is 25.9 Å². The van der Waals surface area contributed by atoms with E-state index in [1.54, 1.807) is 22.7 Å². The monoisotopic (exact) mass is 374 g/mol. The predicted octanol–water partition coefficient (Wildman–Crippen LogP) is 4.80. The molecule has 2 amide bonds. The van der Waals surface area contributed by atoms with E-state index in [1.807, 2.05) is 18.2 Å². The Labute approximate surface area is 155 Å². The molecule has 2 heterocycles. The van der Waals surface area contributed by atoms with Gasteiger partial charge in [-0.3, -0.25) is 0 Å². The van der Waals surface area contributed by atoms with Crippen molar-refractivity contribution >= 4 is 44.6 Å². The van der Waals surface area contributed by atoms with Crippen LogP contribution in [0.2, 0.25) is 0 Å². The lowest BCUT2D eigenvalue weighted by atomic mass is 10.2. The smallest absolute Gasteiger partial charge is 0.319 e. The first-order valence-corrected chi connectivity index (χ1v) is 10.1. The van der Waals surface area contributed by atoms with Crippen molar-refractivity contribution in [2.45, 2.75) is 39.5 Å². The van der Waals surface area contributed by atoms with Crippen LogP contribution in [0.15, 0.2) is 23.6 Å². The summed E-state index contributed by atoms with van der Waals surface area (Å²) in [4.78, 5) is 21.2. The van der Waals surface area contributed by atoms with Crippen LogP contribution in [0.25, 0.3) is 10.2 Å². The summed E-state index contributed by atoms with van der Waals surface area (Å²) in [5, 5.41) is 10.1. The number of hydrogen-bond acceptors (Lipinski definition) is 5. The lowest BCUT2D eigenvalue weighted by Gasteiger charge is -2.06. The number of carbonyl (C=O) groups excluding carboxylic acids is 1. The van der Waals surface area contributed by atoms with Gasteiger partial charge in [0.1, 0.15) is 0 Å². The second kappa shape index (κ2) is 7.93. The average molecular weight is 375 g/mol. The fourth-order valence-electron chi connectivity index (χ4n) is 2.37. The minimum atomic E-state index is -0.195. The zero-order chi connectivity index (χ0) is 17.8. The average Bonchev–Trinajstić information content (AvgIpc) is 3.20. The van der Waals surface area contributed by atoms with Gasteiger partial charge in [-0.05, 0) is 24.6 Å². The number of aromatic nitrogens is 2. The van der Waals surface area contributed by atoms with Gasteiger partial charge >= 0.3 is 6.03 Å². The standard InChI is InChI=1S/C18H22N4OS2/c1-4-16-20-13(10-24-16)7-8-19-18(23)21-12-5-6-14-15(9-12)25-17(22-14)11(2)3/h5-6,9-11H,4,7-8H2,1-3H3,(H2,19,21,23). The summed E-state index contributed by atoms with van der Waals surface area (Å²) < 4.78 is 1.09. The third kappa shape index (κ3) is 4.55. The van der Waals surface area contributed by atoms with Gasteiger partial charge in [0.15, 0.2) is 0 Å². The molecule has 0 radical (unpaired) electrons. The molecule has 0 atom stereocenters. The number of anilines is 1. The van der Waals surface area contributed by atoms with E-state index in [9.17, 15) is 4.79 Å². The minimum Gasteiger partial charge on any atom is -0.337 e. The maximum atomic E-state index is 12.1. The van der Waals surface area contributed by atoms with Gasteiger partial charge in [-0.2, -0.15) is 0 Å². The highest BCUT2D eigenvalue weighted by atomic mass is 32.1. The lowest BCUT2D eigenvalue weighted by Crippen LogP contribution is -2.30. The maximum absolute atomic E-state index is 12.1. The molecule has 3 rings (SSSR count). The van der Waals surface area contributed by atoms with Gasteiger partial charge in [-0.25, -0.2) is 14.8 Å². The molecule has 0 bridgehead atoms. The van der Waals surface area contributed by atoms with E-state index in [0.29, 0.717) is 12.5 Å². The Hall–Kier alpha value is -1.99. The van der Waals surface area contributed by atoms with Crippen molar-refractivity contribution < 1.29 is 4.79 Å². The second-order valence-electron chi connectivity index (χ2n) is 6.11. The summed E-state index contributed by atoms with van der Waals surface area (Å²) in [6, 6.07) is 5.62. The topological polar surface area (TPSA) is 66.9 Å². The summed E-state index contributed by atoms with van der Waals surface area (Å²) in [7, 11) is 0. The summed E-state index contributed by atoms with van der Waals surface area (Å²) in [5.41, 5.74) is 2.80. The number of carbonyl (C=O) groups is 1. The first-order chi connectivity index (χ1) is 12.0. The molecular formula is C18H22N4OS2. The fourth-order valence-corrected chi connectivity index (χ4v) is 4.16. The van der Waals surface area contributed by atoms with Crippen molar-refractivity contribution in [3.05, 3.63) is 39.3 Å². The molecule has 2 aromatic heterocycles. The number of fused-ring (bicyclic) bond motifs is 1. The predicted molar refractivity (Wildman–Crippen MR) is 106 cm³/mol. The normalized spacial score (nSPS) is 11.2. The molecule has 7 heteroatoms. The van der Waals surface area contributed by atoms with Gasteiger partial charge < -0.3 is 10.6 Å². The number of amides is 2. The van der Waals surface area contributed by atoms with Gasteiger partial charge in [0.25, 0.3) is 0 Å². The number of benzene rings is 1. The summed E-state index contributed by atoms with van der Waals surface area (Å²) in [5.74, 6) is 0.413. The fraction of sp³-hybridized carbons (Fsp3) is 0.389. The van der Waals surface area contributed by atoms with E-state index < -0.39 is 0 Å². The molecule has 0 fully saturated rings. The summed E-state index contributed by atoms with van der Waals surface area (Å²) in [6.45, 7) is 6.93. The van der Waals surface area contributed by atoms with Crippen molar-refractivity contribution in [2.75, 3.05) is 11.9 Å². The lowest BCUT2D eigenvalue weighted by molar-refractivity contribution is 0.252. The highest BCUT2D eigenvalue weighted by Gasteiger charge is 2.09. The minimum absolute atomic E-state index is 0.195. The molecule has 3 aromatic rings. The number of hydrogen-bond donors (Lipinski definition) is 2. The third-order valence-electron chi connectivity index (χ3n) is 3.73. The van der Waals surface area contributed by atoms with Crippen LogP contribution in [-0.4, -0.2) is 22.5 Å². The third-order valence-corrected chi connectivity index (χ3v) is 6.09. The number of rotatable bonds is 6. The Bertz CT molecular complexity index is 869. The first-order valence-electron chi connectivity index (χ1n) is 8.43. The van der Waals surface area contributed by atoms with E-state index in [0.717, 1.165) is 44.5 Å². The highest BCUT2D eigenvalue weighted by Crippen LogP contribution is 2.29. The zero-order valence-electron chi connectivity index (χ0n) is 14.6. The molecule has 1 aromatic carbocycles. The van der Waals surface area contributed by atoms with Crippen molar-refractivity contribution in [1.29, 1.82) is 0 Å². The van der Waals surface area contributed by atoms with Crippen LogP contribution in [0.4, 0.5) is 10.5 Å². The molecule has 132 valence electrons. The summed E-state index contributed by atoms with van der Waals surface area (Å²) >= 11 is 3.35. The Morgan fingerprint density at radius 2 is 2.12 bits per heavy atom. The SMILES string of the molecule is CCc1nc(CCNC(=O)Nc2ccc3nc(C(C)C)sc3c2)cs1. The first kappa shape index (κ1) is 17.8. The Balaban J connectivity index is 1.54. The molecule has 25 heavy (non-hydrogen) atoms. The van der Waals surface area contributed by atoms with Gasteiger partial charge in [0, 0.05) is 30.0 Å². The zero-order valence-corrected chi connectivity index (χ0v) is 16.3. The Kier molecular flexibility index (Phi) is 5.65. The van der Waals surface area contributed by atoms with Crippen LogP contribution < -0.4 is 10.6 Å². The number of nitrogens with one attached hydrogen (secondary N) is 2. The van der Waals surface area contributed by atoms with Crippen molar-refractivity contribution in [3.8, 4) is 0 Å². The molecule has 0 unspecified atom stereocenters. The molecular weight excluding hydrogens is 352 g/mol. The van der Waals surface area contributed by atoms with Crippen LogP contribution in [0.3, 0.4) is 0 Å². The number of nitrogens with zero attached hydrogens (tertiary/aromatic N) is 2. The van der Waals surface area contributed by atoms with Crippen LogP contribution >= 0.6 is 22.7 Å². The van der Waals surface area contributed by atoms with Crippen LogP contribution in [0, 0.1) is 0 Å². The Morgan fingerprint density at radius 3 is 2.84 bits per heavy atom. The van der Waals surface area contributed by atoms with Crippen LogP contribution in [0.1, 0.15) is 42.4 Å². The number of thiazole rings is 2. The second-order valence-corrected chi connectivity index (χ2v) is 8.11. The van der Waals surface area contributed by atoms with Crippen molar-refractivity contribution in [3.63, 3.8) is 0 Å². The number of aryl methyl sites for hydroxylation is 1.